The van der Waals surface area contributed by atoms with Crippen molar-refractivity contribution in [3.05, 3.63) is 53.1 Å². The van der Waals surface area contributed by atoms with E-state index in [9.17, 15) is 9.59 Å². The van der Waals surface area contributed by atoms with Crippen LogP contribution in [0.4, 0.5) is 11.4 Å². The van der Waals surface area contributed by atoms with Crippen molar-refractivity contribution in [2.24, 2.45) is 0 Å². The molecule has 0 saturated carbocycles. The molecule has 6 nitrogen and oxygen atoms in total. The van der Waals surface area contributed by atoms with Gasteiger partial charge in [0.1, 0.15) is 5.75 Å². The molecule has 0 unspecified atom stereocenters. The molecule has 2 aromatic carbocycles. The normalized spacial score (nSPS) is 10.0. The number of hydrogen-bond donors (Lipinski definition) is 3. The molecular formula is C18H20ClN3O3. The number of halogens is 1. The lowest BCUT2D eigenvalue weighted by atomic mass is 10.2. The molecule has 0 atom stereocenters. The minimum atomic E-state index is -0.255. The SMILES string of the molecule is CCNC(=O)c1cccc(NC(=O)CNc2cc(Cl)ccc2OC)c1. The number of rotatable bonds is 7. The van der Waals surface area contributed by atoms with Gasteiger partial charge in [0.05, 0.1) is 19.3 Å². The van der Waals surface area contributed by atoms with Crippen LogP contribution in [-0.4, -0.2) is 32.0 Å². The first kappa shape index (κ1) is 18.6. The number of benzene rings is 2. The van der Waals surface area contributed by atoms with E-state index in [-0.39, 0.29) is 18.4 Å². The standard InChI is InChI=1S/C18H20ClN3O3/c1-3-20-18(24)12-5-4-6-14(9-12)22-17(23)11-21-15-10-13(19)7-8-16(15)25-2/h4-10,21H,3,11H2,1-2H3,(H,20,24)(H,22,23). The van der Waals surface area contributed by atoms with Crippen LogP contribution in [0.25, 0.3) is 0 Å². The fourth-order valence-electron chi connectivity index (χ4n) is 2.20. The lowest BCUT2D eigenvalue weighted by Gasteiger charge is -2.12. The lowest BCUT2D eigenvalue weighted by molar-refractivity contribution is -0.114. The van der Waals surface area contributed by atoms with E-state index in [1.165, 1.54) is 0 Å². The number of amides is 2. The highest BCUT2D eigenvalue weighted by Gasteiger charge is 2.09. The maximum absolute atomic E-state index is 12.1. The van der Waals surface area contributed by atoms with E-state index in [4.69, 9.17) is 16.3 Å². The Morgan fingerprint density at radius 1 is 1.16 bits per heavy atom. The van der Waals surface area contributed by atoms with E-state index < -0.39 is 0 Å². The summed E-state index contributed by atoms with van der Waals surface area (Å²) in [7, 11) is 1.54. The van der Waals surface area contributed by atoms with E-state index in [1.807, 2.05) is 6.92 Å². The highest BCUT2D eigenvalue weighted by atomic mass is 35.5. The summed E-state index contributed by atoms with van der Waals surface area (Å²) < 4.78 is 5.22. The van der Waals surface area contributed by atoms with Crippen LogP contribution in [0.5, 0.6) is 5.75 Å². The third kappa shape index (κ3) is 5.39. The Hall–Kier alpha value is -2.73. The molecule has 3 N–H and O–H groups in total. The lowest BCUT2D eigenvalue weighted by Crippen LogP contribution is -2.24. The number of nitrogens with one attached hydrogen (secondary N) is 3. The number of ether oxygens (including phenoxy) is 1. The first-order chi connectivity index (χ1) is 12.0. The van der Waals surface area contributed by atoms with Crippen molar-refractivity contribution in [2.45, 2.75) is 6.92 Å². The molecule has 0 fully saturated rings. The number of carbonyl (C=O) groups is 2. The van der Waals surface area contributed by atoms with Crippen LogP contribution in [0, 0.1) is 0 Å². The molecule has 2 amide bonds. The van der Waals surface area contributed by atoms with Crippen molar-refractivity contribution in [1.29, 1.82) is 0 Å². The molecule has 7 heteroatoms. The largest absolute Gasteiger partial charge is 0.495 e. The van der Waals surface area contributed by atoms with Gasteiger partial charge in [-0.25, -0.2) is 0 Å². The fraction of sp³-hybridized carbons (Fsp3) is 0.222. The van der Waals surface area contributed by atoms with E-state index >= 15 is 0 Å². The quantitative estimate of drug-likeness (QED) is 0.707. The third-order valence-electron chi connectivity index (χ3n) is 3.35. The van der Waals surface area contributed by atoms with Crippen LogP contribution < -0.4 is 20.7 Å². The fourth-order valence-corrected chi connectivity index (χ4v) is 2.37. The van der Waals surface area contributed by atoms with E-state index in [1.54, 1.807) is 49.6 Å². The summed E-state index contributed by atoms with van der Waals surface area (Å²) in [6.07, 6.45) is 0. The average molecular weight is 362 g/mol. The van der Waals surface area contributed by atoms with Gasteiger partial charge in [-0.2, -0.15) is 0 Å². The van der Waals surface area contributed by atoms with Gasteiger partial charge in [0.25, 0.3) is 5.91 Å². The maximum Gasteiger partial charge on any atom is 0.251 e. The molecule has 25 heavy (non-hydrogen) atoms. The summed E-state index contributed by atoms with van der Waals surface area (Å²) in [6.45, 7) is 2.42. The summed E-state index contributed by atoms with van der Waals surface area (Å²) in [5, 5.41) is 8.99. The first-order valence-corrected chi connectivity index (χ1v) is 8.16. The predicted octanol–water partition coefficient (Wildman–Crippen LogP) is 3.15. The Kier molecular flexibility index (Phi) is 6.65. The van der Waals surface area contributed by atoms with Crippen LogP contribution in [0.15, 0.2) is 42.5 Å². The molecule has 2 rings (SSSR count). The van der Waals surface area contributed by atoms with Crippen molar-refractivity contribution >= 4 is 34.8 Å². The van der Waals surface area contributed by atoms with Gasteiger partial charge in [0.15, 0.2) is 0 Å². The second-order valence-corrected chi connectivity index (χ2v) is 5.62. The van der Waals surface area contributed by atoms with Gasteiger partial charge in [-0.1, -0.05) is 17.7 Å². The summed E-state index contributed by atoms with van der Waals surface area (Å²) in [4.78, 5) is 24.0. The van der Waals surface area contributed by atoms with Gasteiger partial charge in [-0.05, 0) is 43.3 Å². The molecule has 0 bridgehead atoms. The van der Waals surface area contributed by atoms with Gasteiger partial charge in [0, 0.05) is 22.8 Å². The monoisotopic (exact) mass is 361 g/mol. The van der Waals surface area contributed by atoms with Crippen LogP contribution >= 0.6 is 11.6 Å². The Morgan fingerprint density at radius 3 is 2.68 bits per heavy atom. The van der Waals surface area contributed by atoms with Gasteiger partial charge in [-0.3, -0.25) is 9.59 Å². The molecule has 132 valence electrons. The summed E-state index contributed by atoms with van der Waals surface area (Å²) in [5.41, 5.74) is 1.67. The number of hydrogen-bond acceptors (Lipinski definition) is 4. The molecule has 0 heterocycles. The van der Waals surface area contributed by atoms with Gasteiger partial charge >= 0.3 is 0 Å². The van der Waals surface area contributed by atoms with Crippen LogP contribution in [0.1, 0.15) is 17.3 Å². The molecule has 0 radical (unpaired) electrons. The Bertz CT molecular complexity index is 765. The maximum atomic E-state index is 12.1. The smallest absolute Gasteiger partial charge is 0.251 e. The second kappa shape index (κ2) is 8.94. The van der Waals surface area contributed by atoms with Gasteiger partial charge in [-0.15, -0.1) is 0 Å². The Labute approximate surface area is 151 Å². The first-order valence-electron chi connectivity index (χ1n) is 7.79. The molecule has 0 aliphatic carbocycles. The summed E-state index contributed by atoms with van der Waals surface area (Å²) in [5.74, 6) is 0.158. The summed E-state index contributed by atoms with van der Waals surface area (Å²) >= 11 is 5.96. The molecular weight excluding hydrogens is 342 g/mol. The minimum absolute atomic E-state index is 0.0298. The molecule has 2 aromatic rings. The van der Waals surface area contributed by atoms with Crippen molar-refractivity contribution in [1.82, 2.24) is 5.32 Å². The third-order valence-corrected chi connectivity index (χ3v) is 3.58. The number of anilines is 2. The van der Waals surface area contributed by atoms with Crippen molar-refractivity contribution in [3.8, 4) is 5.75 Å². The topological polar surface area (TPSA) is 79.5 Å². The van der Waals surface area contributed by atoms with Gasteiger partial charge < -0.3 is 20.7 Å². The predicted molar refractivity (Wildman–Crippen MR) is 99.6 cm³/mol. The van der Waals surface area contributed by atoms with Crippen molar-refractivity contribution < 1.29 is 14.3 Å². The zero-order valence-electron chi connectivity index (χ0n) is 14.1. The van der Waals surface area contributed by atoms with E-state index in [0.29, 0.717) is 34.3 Å². The average Bonchev–Trinajstić information content (AvgIpc) is 2.60. The zero-order valence-corrected chi connectivity index (χ0v) is 14.8. The highest BCUT2D eigenvalue weighted by Crippen LogP contribution is 2.27. The van der Waals surface area contributed by atoms with Crippen LogP contribution in [0.2, 0.25) is 5.02 Å². The zero-order chi connectivity index (χ0) is 18.2. The van der Waals surface area contributed by atoms with E-state index in [0.717, 1.165) is 0 Å². The Balaban J connectivity index is 1.98. The van der Waals surface area contributed by atoms with Crippen LogP contribution in [0.3, 0.4) is 0 Å². The molecule has 0 aromatic heterocycles. The molecule has 0 aliphatic rings. The second-order valence-electron chi connectivity index (χ2n) is 5.19. The van der Waals surface area contributed by atoms with Gasteiger partial charge in [0.2, 0.25) is 5.91 Å². The Morgan fingerprint density at radius 2 is 1.96 bits per heavy atom. The highest BCUT2D eigenvalue weighted by molar-refractivity contribution is 6.31. The molecule has 0 saturated heterocycles. The van der Waals surface area contributed by atoms with Crippen LogP contribution in [-0.2, 0) is 4.79 Å². The molecule has 0 aliphatic heterocycles. The van der Waals surface area contributed by atoms with Crippen molar-refractivity contribution in [3.63, 3.8) is 0 Å². The summed E-state index contributed by atoms with van der Waals surface area (Å²) in [6, 6.07) is 11.9. The van der Waals surface area contributed by atoms with Crippen molar-refractivity contribution in [2.75, 3.05) is 30.8 Å². The minimum Gasteiger partial charge on any atom is -0.495 e. The molecule has 0 spiro atoms. The number of methoxy groups -OCH3 is 1. The van der Waals surface area contributed by atoms with E-state index in [2.05, 4.69) is 16.0 Å². The number of carbonyl (C=O) groups excluding carboxylic acids is 2.